The summed E-state index contributed by atoms with van der Waals surface area (Å²) >= 11 is 0. The Labute approximate surface area is 147 Å². The van der Waals surface area contributed by atoms with Crippen molar-refractivity contribution in [3.8, 4) is 0 Å². The van der Waals surface area contributed by atoms with E-state index < -0.39 is 0 Å². The summed E-state index contributed by atoms with van der Waals surface area (Å²) in [5.74, 6) is 3.39. The zero-order valence-electron chi connectivity index (χ0n) is 15.3. The number of piperidine rings is 1. The molecule has 24 heavy (non-hydrogen) atoms. The molecular formula is C19H37N5. The third kappa shape index (κ3) is 3.80. The van der Waals surface area contributed by atoms with Gasteiger partial charge in [0.2, 0.25) is 0 Å². The molecule has 3 heterocycles. The minimum Gasteiger partial charge on any atom is -0.317 e. The van der Waals surface area contributed by atoms with Crippen molar-refractivity contribution in [1.82, 2.24) is 26.8 Å². The van der Waals surface area contributed by atoms with Gasteiger partial charge in [0.05, 0.1) is 6.17 Å². The van der Waals surface area contributed by atoms with Crippen molar-refractivity contribution in [2.75, 3.05) is 26.2 Å². The van der Waals surface area contributed by atoms with Gasteiger partial charge in [-0.2, -0.15) is 0 Å². The molecule has 0 amide bonds. The highest BCUT2D eigenvalue weighted by atomic mass is 15.5. The van der Waals surface area contributed by atoms with Crippen LogP contribution in [-0.4, -0.2) is 44.4 Å². The van der Waals surface area contributed by atoms with Crippen molar-refractivity contribution in [2.24, 2.45) is 23.7 Å². The molecule has 4 aliphatic rings. The van der Waals surface area contributed by atoms with Crippen LogP contribution in [0.25, 0.3) is 0 Å². The van der Waals surface area contributed by atoms with Crippen molar-refractivity contribution < 1.29 is 0 Å². The van der Waals surface area contributed by atoms with E-state index in [0.29, 0.717) is 18.2 Å². The molecule has 0 bridgehead atoms. The summed E-state index contributed by atoms with van der Waals surface area (Å²) in [6.45, 7) is 7.13. The van der Waals surface area contributed by atoms with Crippen LogP contribution in [0.2, 0.25) is 0 Å². The van der Waals surface area contributed by atoms with Crippen LogP contribution in [0, 0.1) is 23.7 Å². The number of hydrogen-bond acceptors (Lipinski definition) is 5. The first-order valence-corrected chi connectivity index (χ1v) is 10.5. The molecule has 3 aliphatic heterocycles. The zero-order valence-corrected chi connectivity index (χ0v) is 15.3. The smallest absolute Gasteiger partial charge is 0.0753 e. The molecule has 5 nitrogen and oxygen atoms in total. The highest BCUT2D eigenvalue weighted by molar-refractivity contribution is 4.99. The molecule has 3 saturated heterocycles. The van der Waals surface area contributed by atoms with E-state index in [0.717, 1.165) is 30.2 Å². The van der Waals surface area contributed by atoms with Crippen LogP contribution < -0.4 is 26.8 Å². The predicted molar refractivity (Wildman–Crippen MR) is 98.5 cm³/mol. The molecule has 1 aliphatic carbocycles. The van der Waals surface area contributed by atoms with E-state index in [9.17, 15) is 0 Å². The minimum atomic E-state index is 0.447. The lowest BCUT2D eigenvalue weighted by atomic mass is 9.70. The first kappa shape index (κ1) is 17.2. The Hall–Kier alpha value is -0.200. The predicted octanol–water partition coefficient (Wildman–Crippen LogP) is 1.18. The standard InChI is InChI=1S/C19H37N5/c1-13-2-4-15(5-3-13)18-17(14-6-9-20-10-7-14)19(24-23-18)22-16-8-11-21-12-16/h13-24H,2-12H2,1H3. The van der Waals surface area contributed by atoms with Crippen LogP contribution in [0.5, 0.6) is 0 Å². The zero-order chi connectivity index (χ0) is 16.4. The summed E-state index contributed by atoms with van der Waals surface area (Å²) in [5.41, 5.74) is 7.44. The van der Waals surface area contributed by atoms with Gasteiger partial charge in [0.15, 0.2) is 0 Å². The van der Waals surface area contributed by atoms with E-state index in [-0.39, 0.29) is 0 Å². The normalized spacial score (nSPS) is 44.9. The van der Waals surface area contributed by atoms with Crippen molar-refractivity contribution in [1.29, 1.82) is 0 Å². The average Bonchev–Trinajstić information content (AvgIpc) is 3.27. The fourth-order valence-electron chi connectivity index (χ4n) is 5.66. The lowest BCUT2D eigenvalue weighted by Gasteiger charge is -2.39. The fourth-order valence-corrected chi connectivity index (χ4v) is 5.66. The van der Waals surface area contributed by atoms with E-state index in [1.165, 1.54) is 64.6 Å². The van der Waals surface area contributed by atoms with Crippen LogP contribution in [0.1, 0.15) is 51.9 Å². The molecule has 0 aromatic heterocycles. The Morgan fingerprint density at radius 2 is 1.50 bits per heavy atom. The van der Waals surface area contributed by atoms with Crippen molar-refractivity contribution in [3.05, 3.63) is 0 Å². The fraction of sp³-hybridized carbons (Fsp3) is 1.00. The van der Waals surface area contributed by atoms with Crippen LogP contribution in [-0.2, 0) is 0 Å². The second-order valence-electron chi connectivity index (χ2n) is 8.83. The van der Waals surface area contributed by atoms with Crippen LogP contribution in [0.15, 0.2) is 0 Å². The highest BCUT2D eigenvalue weighted by Gasteiger charge is 2.45. The van der Waals surface area contributed by atoms with Crippen LogP contribution in [0.4, 0.5) is 0 Å². The quantitative estimate of drug-likeness (QED) is 0.534. The summed E-state index contributed by atoms with van der Waals surface area (Å²) in [7, 11) is 0. The van der Waals surface area contributed by atoms with E-state index in [1.807, 2.05) is 0 Å². The maximum Gasteiger partial charge on any atom is 0.0753 e. The van der Waals surface area contributed by atoms with E-state index in [2.05, 4.69) is 33.7 Å². The van der Waals surface area contributed by atoms with Gasteiger partial charge < -0.3 is 10.6 Å². The molecule has 4 atom stereocenters. The first-order valence-electron chi connectivity index (χ1n) is 10.5. The Balaban J connectivity index is 1.45. The molecule has 0 aromatic carbocycles. The number of hydrogen-bond donors (Lipinski definition) is 5. The molecule has 4 unspecified atom stereocenters. The molecule has 138 valence electrons. The van der Waals surface area contributed by atoms with E-state index in [4.69, 9.17) is 0 Å². The van der Waals surface area contributed by atoms with Crippen LogP contribution in [0.3, 0.4) is 0 Å². The monoisotopic (exact) mass is 335 g/mol. The summed E-state index contributed by atoms with van der Waals surface area (Å²) in [6, 6.07) is 1.30. The van der Waals surface area contributed by atoms with E-state index >= 15 is 0 Å². The second kappa shape index (κ2) is 8.00. The van der Waals surface area contributed by atoms with Crippen LogP contribution >= 0.6 is 0 Å². The topological polar surface area (TPSA) is 60.1 Å². The largest absolute Gasteiger partial charge is 0.317 e. The van der Waals surface area contributed by atoms with Gasteiger partial charge in [-0.1, -0.05) is 19.8 Å². The minimum absolute atomic E-state index is 0.447. The molecule has 5 N–H and O–H groups in total. The lowest BCUT2D eigenvalue weighted by Crippen LogP contribution is -2.52. The molecule has 4 rings (SSSR count). The second-order valence-corrected chi connectivity index (χ2v) is 8.83. The Morgan fingerprint density at radius 3 is 2.21 bits per heavy atom. The van der Waals surface area contributed by atoms with Crippen molar-refractivity contribution in [2.45, 2.75) is 70.1 Å². The van der Waals surface area contributed by atoms with E-state index in [1.54, 1.807) is 0 Å². The Kier molecular flexibility index (Phi) is 5.74. The molecule has 5 heteroatoms. The third-order valence-corrected chi connectivity index (χ3v) is 7.18. The highest BCUT2D eigenvalue weighted by Crippen LogP contribution is 2.39. The SMILES string of the molecule is CC1CCC(C2NNC(NC3CCNC3)C2C2CCNCC2)CC1. The van der Waals surface area contributed by atoms with Gasteiger partial charge in [-0.05, 0) is 69.5 Å². The van der Waals surface area contributed by atoms with Gasteiger partial charge in [-0.25, -0.2) is 5.43 Å². The molecule has 0 spiro atoms. The first-order chi connectivity index (χ1) is 11.8. The Morgan fingerprint density at radius 1 is 0.750 bits per heavy atom. The summed E-state index contributed by atoms with van der Waals surface area (Å²) in [4.78, 5) is 0. The van der Waals surface area contributed by atoms with Gasteiger partial charge in [-0.3, -0.25) is 10.7 Å². The number of nitrogens with one attached hydrogen (secondary N) is 5. The van der Waals surface area contributed by atoms with Gasteiger partial charge >= 0.3 is 0 Å². The maximum atomic E-state index is 3.95. The van der Waals surface area contributed by atoms with Gasteiger partial charge in [0.1, 0.15) is 0 Å². The molecule has 4 fully saturated rings. The summed E-state index contributed by atoms with van der Waals surface area (Å²) < 4.78 is 0. The molecule has 0 aromatic rings. The van der Waals surface area contributed by atoms with Gasteiger partial charge in [-0.15, -0.1) is 0 Å². The van der Waals surface area contributed by atoms with Gasteiger partial charge in [0.25, 0.3) is 0 Å². The summed E-state index contributed by atoms with van der Waals surface area (Å²) in [5, 5.41) is 11.0. The van der Waals surface area contributed by atoms with Gasteiger partial charge in [0, 0.05) is 24.5 Å². The summed E-state index contributed by atoms with van der Waals surface area (Å²) in [6.07, 6.45) is 10.1. The number of rotatable bonds is 4. The lowest BCUT2D eigenvalue weighted by molar-refractivity contribution is 0.142. The van der Waals surface area contributed by atoms with Crippen molar-refractivity contribution >= 4 is 0 Å². The Bertz CT molecular complexity index is 383. The maximum absolute atomic E-state index is 3.95. The molecule has 1 saturated carbocycles. The molecular weight excluding hydrogens is 298 g/mol. The third-order valence-electron chi connectivity index (χ3n) is 7.18. The average molecular weight is 336 g/mol. The number of hydrazine groups is 1. The molecule has 0 radical (unpaired) electrons. The van der Waals surface area contributed by atoms with Crippen molar-refractivity contribution in [3.63, 3.8) is 0 Å².